The van der Waals surface area contributed by atoms with Crippen LogP contribution in [0.4, 0.5) is 0 Å². The zero-order valence-electron chi connectivity index (χ0n) is 9.61. The molecule has 2 rings (SSSR count). The first-order valence-electron chi connectivity index (χ1n) is 5.89. The SMILES string of the molecule is COC(=O)C1CS(=O)CC(C2CCCC2)N1. The van der Waals surface area contributed by atoms with Gasteiger partial charge in [0.2, 0.25) is 0 Å². The summed E-state index contributed by atoms with van der Waals surface area (Å²) < 4.78 is 16.4. The molecule has 0 aromatic carbocycles. The number of esters is 1. The molecule has 0 aromatic rings. The summed E-state index contributed by atoms with van der Waals surface area (Å²) in [6, 6.07) is -0.133. The average molecular weight is 245 g/mol. The fraction of sp³-hybridized carbons (Fsp3) is 0.909. The van der Waals surface area contributed by atoms with E-state index < -0.39 is 10.8 Å². The molecule has 1 N–H and O–H groups in total. The number of carbonyl (C=O) groups is 1. The average Bonchev–Trinajstić information content (AvgIpc) is 2.80. The molecule has 0 aromatic heterocycles. The van der Waals surface area contributed by atoms with Crippen molar-refractivity contribution in [3.63, 3.8) is 0 Å². The molecule has 3 unspecified atom stereocenters. The van der Waals surface area contributed by atoms with Crippen LogP contribution in [0.3, 0.4) is 0 Å². The summed E-state index contributed by atoms with van der Waals surface area (Å²) in [5.74, 6) is 1.40. The van der Waals surface area contributed by atoms with Crippen molar-refractivity contribution in [2.75, 3.05) is 18.6 Å². The third kappa shape index (κ3) is 2.63. The van der Waals surface area contributed by atoms with E-state index in [-0.39, 0.29) is 18.1 Å². The highest BCUT2D eigenvalue weighted by Crippen LogP contribution is 2.29. The molecule has 4 nitrogen and oxygen atoms in total. The molecule has 0 radical (unpaired) electrons. The lowest BCUT2D eigenvalue weighted by atomic mass is 9.98. The predicted octanol–water partition coefficient (Wildman–Crippen LogP) is 0.439. The number of methoxy groups -OCH3 is 1. The van der Waals surface area contributed by atoms with E-state index >= 15 is 0 Å². The van der Waals surface area contributed by atoms with E-state index in [1.165, 1.54) is 32.8 Å². The Balaban J connectivity index is 1.98. The van der Waals surface area contributed by atoms with Crippen LogP contribution in [0.5, 0.6) is 0 Å². The van der Waals surface area contributed by atoms with Crippen LogP contribution in [0, 0.1) is 5.92 Å². The van der Waals surface area contributed by atoms with E-state index in [1.54, 1.807) is 0 Å². The van der Waals surface area contributed by atoms with Crippen molar-refractivity contribution in [2.45, 2.75) is 37.8 Å². The summed E-state index contributed by atoms with van der Waals surface area (Å²) in [7, 11) is 0.499. The zero-order valence-corrected chi connectivity index (χ0v) is 10.4. The van der Waals surface area contributed by atoms with Gasteiger partial charge >= 0.3 is 5.97 Å². The Morgan fingerprint density at radius 3 is 2.62 bits per heavy atom. The maximum atomic E-state index is 11.7. The zero-order chi connectivity index (χ0) is 11.5. The quantitative estimate of drug-likeness (QED) is 0.717. The van der Waals surface area contributed by atoms with Crippen molar-refractivity contribution in [2.24, 2.45) is 5.92 Å². The second-order valence-electron chi connectivity index (χ2n) is 4.67. The Bertz CT molecular complexity index is 289. The maximum absolute atomic E-state index is 11.7. The molecule has 0 bridgehead atoms. The number of ether oxygens (including phenoxy) is 1. The molecule has 2 fully saturated rings. The fourth-order valence-corrected chi connectivity index (χ4v) is 4.23. The van der Waals surface area contributed by atoms with Crippen molar-refractivity contribution >= 4 is 16.8 Å². The minimum atomic E-state index is -0.882. The summed E-state index contributed by atoms with van der Waals surface area (Å²) in [6.07, 6.45) is 4.92. The summed E-state index contributed by atoms with van der Waals surface area (Å²) >= 11 is 0. The molecule has 0 amide bonds. The van der Waals surface area contributed by atoms with E-state index in [2.05, 4.69) is 5.32 Å². The first-order chi connectivity index (χ1) is 7.70. The smallest absolute Gasteiger partial charge is 0.323 e. The van der Waals surface area contributed by atoms with Crippen molar-refractivity contribution < 1.29 is 13.7 Å². The Hall–Kier alpha value is -0.420. The molecule has 1 aliphatic carbocycles. The van der Waals surface area contributed by atoms with E-state index in [9.17, 15) is 9.00 Å². The van der Waals surface area contributed by atoms with Crippen LogP contribution < -0.4 is 5.32 Å². The topological polar surface area (TPSA) is 55.4 Å². The van der Waals surface area contributed by atoms with Crippen molar-refractivity contribution in [3.05, 3.63) is 0 Å². The van der Waals surface area contributed by atoms with Crippen LogP contribution in [0.25, 0.3) is 0 Å². The lowest BCUT2D eigenvalue weighted by molar-refractivity contribution is -0.142. The maximum Gasteiger partial charge on any atom is 0.323 e. The Morgan fingerprint density at radius 1 is 1.31 bits per heavy atom. The lowest BCUT2D eigenvalue weighted by Crippen LogP contribution is -2.56. The van der Waals surface area contributed by atoms with Crippen LogP contribution in [-0.4, -0.2) is 40.9 Å². The van der Waals surface area contributed by atoms with E-state index in [0.717, 1.165) is 0 Å². The second-order valence-corrected chi connectivity index (χ2v) is 6.21. The molecule has 1 aliphatic heterocycles. The molecule has 1 saturated carbocycles. The van der Waals surface area contributed by atoms with Gasteiger partial charge in [0, 0.05) is 28.3 Å². The fourth-order valence-electron chi connectivity index (χ4n) is 2.72. The number of hydrogen-bond acceptors (Lipinski definition) is 4. The number of rotatable bonds is 2. The molecule has 1 saturated heterocycles. The highest BCUT2D eigenvalue weighted by Gasteiger charge is 2.35. The van der Waals surface area contributed by atoms with E-state index in [1.807, 2.05) is 0 Å². The lowest BCUT2D eigenvalue weighted by Gasteiger charge is -2.32. The van der Waals surface area contributed by atoms with Gasteiger partial charge in [0.25, 0.3) is 0 Å². The highest BCUT2D eigenvalue weighted by atomic mass is 32.2. The minimum absolute atomic E-state index is 0.237. The van der Waals surface area contributed by atoms with Gasteiger partial charge in [-0.1, -0.05) is 12.8 Å². The molecule has 2 aliphatic rings. The van der Waals surface area contributed by atoms with Gasteiger partial charge in [0.15, 0.2) is 0 Å². The van der Waals surface area contributed by atoms with E-state index in [4.69, 9.17) is 4.74 Å². The van der Waals surface area contributed by atoms with Gasteiger partial charge in [0.1, 0.15) is 6.04 Å². The van der Waals surface area contributed by atoms with Crippen LogP contribution >= 0.6 is 0 Å². The van der Waals surface area contributed by atoms with Gasteiger partial charge in [-0.2, -0.15) is 0 Å². The molecular formula is C11H19NO3S. The van der Waals surface area contributed by atoms with Gasteiger partial charge in [-0.15, -0.1) is 0 Å². The molecule has 92 valence electrons. The molecular weight excluding hydrogens is 226 g/mol. The van der Waals surface area contributed by atoms with Gasteiger partial charge in [-0.25, -0.2) is 0 Å². The van der Waals surface area contributed by atoms with Crippen LogP contribution in [0.2, 0.25) is 0 Å². The molecule has 0 spiro atoms. The normalized spacial score (nSPS) is 36.2. The number of carbonyl (C=O) groups excluding carboxylic acids is 1. The molecule has 1 heterocycles. The molecule has 16 heavy (non-hydrogen) atoms. The number of hydrogen-bond donors (Lipinski definition) is 1. The predicted molar refractivity (Wildman–Crippen MR) is 62.6 cm³/mol. The molecule has 5 heteroatoms. The Morgan fingerprint density at radius 2 is 2.00 bits per heavy atom. The van der Waals surface area contributed by atoms with Gasteiger partial charge in [-0.3, -0.25) is 14.3 Å². The number of nitrogens with one attached hydrogen (secondary N) is 1. The third-order valence-electron chi connectivity index (χ3n) is 3.59. The Kier molecular flexibility index (Phi) is 3.97. The van der Waals surface area contributed by atoms with E-state index in [0.29, 0.717) is 17.4 Å². The van der Waals surface area contributed by atoms with Crippen molar-refractivity contribution in [3.8, 4) is 0 Å². The summed E-state index contributed by atoms with van der Waals surface area (Å²) in [5.41, 5.74) is 0. The highest BCUT2D eigenvalue weighted by molar-refractivity contribution is 7.85. The monoisotopic (exact) mass is 245 g/mol. The van der Waals surface area contributed by atoms with Gasteiger partial charge in [-0.05, 0) is 18.8 Å². The largest absolute Gasteiger partial charge is 0.468 e. The first-order valence-corrected chi connectivity index (χ1v) is 7.38. The van der Waals surface area contributed by atoms with Crippen LogP contribution in [0.15, 0.2) is 0 Å². The van der Waals surface area contributed by atoms with Gasteiger partial charge in [0.05, 0.1) is 7.11 Å². The van der Waals surface area contributed by atoms with Crippen LogP contribution in [0.1, 0.15) is 25.7 Å². The summed E-state index contributed by atoms with van der Waals surface area (Å²) in [5, 5.41) is 3.31. The first kappa shape index (κ1) is 12.0. The van der Waals surface area contributed by atoms with Crippen molar-refractivity contribution in [1.82, 2.24) is 5.32 Å². The second kappa shape index (κ2) is 5.27. The summed E-state index contributed by atoms with van der Waals surface area (Å²) in [4.78, 5) is 11.5. The van der Waals surface area contributed by atoms with Crippen LogP contribution in [-0.2, 0) is 20.3 Å². The minimum Gasteiger partial charge on any atom is -0.468 e. The Labute approximate surface area is 98.6 Å². The molecule has 3 atom stereocenters. The standard InChI is InChI=1S/C11H19NO3S/c1-15-11(13)10-7-16(14)6-9(12-10)8-4-2-3-5-8/h8-10,12H,2-7H2,1H3. The van der Waals surface area contributed by atoms with Crippen molar-refractivity contribution in [1.29, 1.82) is 0 Å². The third-order valence-corrected chi connectivity index (χ3v) is 5.02. The van der Waals surface area contributed by atoms with Gasteiger partial charge < -0.3 is 4.74 Å². The summed E-state index contributed by atoms with van der Waals surface area (Å²) in [6.45, 7) is 0.